The maximum absolute atomic E-state index is 13.3. The number of amides is 1. The molecule has 2 aromatic heterocycles. The largest absolute Gasteiger partial charge is 0.324 e. The number of hydrogen-bond acceptors (Lipinski definition) is 4. The van der Waals surface area contributed by atoms with Crippen molar-refractivity contribution >= 4 is 22.5 Å². The summed E-state index contributed by atoms with van der Waals surface area (Å²) in [4.78, 5) is 13.3. The number of hydrogen-bond donors (Lipinski definition) is 2. The Morgan fingerprint density at radius 3 is 2.77 bits per heavy atom. The molecular weight excluding hydrogens is 328 g/mol. The van der Waals surface area contributed by atoms with E-state index < -0.39 is 5.54 Å². The Labute approximate surface area is 152 Å². The fraction of sp³-hybridized carbons (Fsp3) is 0.421. The molecule has 2 N–H and O–H groups in total. The van der Waals surface area contributed by atoms with E-state index in [1.807, 2.05) is 41.3 Å². The molecule has 7 nitrogen and oxygen atoms in total. The van der Waals surface area contributed by atoms with Gasteiger partial charge in [0.2, 0.25) is 0 Å². The van der Waals surface area contributed by atoms with Crippen LogP contribution in [0.25, 0.3) is 10.9 Å². The van der Waals surface area contributed by atoms with Gasteiger partial charge in [0, 0.05) is 29.5 Å². The summed E-state index contributed by atoms with van der Waals surface area (Å²) >= 11 is 0. The summed E-state index contributed by atoms with van der Waals surface area (Å²) < 4.78 is 3.78. The summed E-state index contributed by atoms with van der Waals surface area (Å²) in [6.45, 7) is 5.79. The molecule has 0 aliphatic carbocycles. The van der Waals surface area contributed by atoms with Crippen LogP contribution in [0.4, 0.5) is 5.69 Å². The fourth-order valence-corrected chi connectivity index (χ4v) is 3.70. The summed E-state index contributed by atoms with van der Waals surface area (Å²) in [5.74, 6) is -0.0161. The van der Waals surface area contributed by atoms with E-state index in [-0.39, 0.29) is 11.9 Å². The van der Waals surface area contributed by atoms with E-state index in [2.05, 4.69) is 34.7 Å². The van der Waals surface area contributed by atoms with Crippen molar-refractivity contribution in [3.63, 3.8) is 0 Å². The minimum absolute atomic E-state index is 0.0161. The summed E-state index contributed by atoms with van der Waals surface area (Å²) in [5, 5.41) is 16.3. The number of nitrogens with zero attached hydrogens (tertiary/aromatic N) is 4. The molecule has 0 radical (unpaired) electrons. The molecule has 1 fully saturated rings. The van der Waals surface area contributed by atoms with E-state index in [1.54, 1.807) is 10.9 Å². The van der Waals surface area contributed by atoms with E-state index in [0.717, 1.165) is 29.7 Å². The highest BCUT2D eigenvalue weighted by atomic mass is 16.2. The molecule has 1 aromatic carbocycles. The molecule has 0 bridgehead atoms. The quantitative estimate of drug-likeness (QED) is 0.756. The van der Waals surface area contributed by atoms with Crippen LogP contribution in [0.1, 0.15) is 32.7 Å². The first kappa shape index (κ1) is 16.8. The van der Waals surface area contributed by atoms with Gasteiger partial charge in [-0.15, -0.1) is 0 Å². The summed E-state index contributed by atoms with van der Waals surface area (Å²) in [6, 6.07) is 8.06. The predicted octanol–water partition coefficient (Wildman–Crippen LogP) is 2.53. The van der Waals surface area contributed by atoms with Crippen molar-refractivity contribution in [1.29, 1.82) is 0 Å². The van der Waals surface area contributed by atoms with Gasteiger partial charge >= 0.3 is 0 Å². The standard InChI is InChI=1S/C19H24N6O/c1-14(2)25-17-12-16(5-4-15(17)13-22-25)23-18(26)19(6-9-20-10-7-19)24-11-3-8-21-24/h3-5,8,11-14,20H,6-7,9-10H2,1-2H3,(H,23,26). The van der Waals surface area contributed by atoms with Crippen LogP contribution < -0.4 is 10.6 Å². The summed E-state index contributed by atoms with van der Waals surface area (Å²) in [6.07, 6.45) is 6.89. The molecule has 4 rings (SSSR count). The number of benzene rings is 1. The first-order chi connectivity index (χ1) is 12.6. The van der Waals surface area contributed by atoms with Crippen molar-refractivity contribution in [1.82, 2.24) is 24.9 Å². The van der Waals surface area contributed by atoms with Gasteiger partial charge in [0.15, 0.2) is 0 Å². The van der Waals surface area contributed by atoms with Crippen molar-refractivity contribution in [3.8, 4) is 0 Å². The van der Waals surface area contributed by atoms with Gasteiger partial charge < -0.3 is 10.6 Å². The van der Waals surface area contributed by atoms with Gasteiger partial charge in [-0.3, -0.25) is 14.2 Å². The minimum Gasteiger partial charge on any atom is -0.324 e. The molecule has 3 heterocycles. The van der Waals surface area contributed by atoms with Crippen LogP contribution >= 0.6 is 0 Å². The molecule has 1 aliphatic heterocycles. The van der Waals surface area contributed by atoms with Crippen molar-refractivity contribution in [2.24, 2.45) is 0 Å². The summed E-state index contributed by atoms with van der Waals surface area (Å²) in [7, 11) is 0. The van der Waals surface area contributed by atoms with Gasteiger partial charge in [-0.25, -0.2) is 0 Å². The molecule has 0 unspecified atom stereocenters. The van der Waals surface area contributed by atoms with Gasteiger partial charge in [0.1, 0.15) is 5.54 Å². The van der Waals surface area contributed by atoms with Crippen LogP contribution in [0.3, 0.4) is 0 Å². The topological polar surface area (TPSA) is 76.8 Å². The number of carbonyl (C=O) groups is 1. The number of rotatable bonds is 4. The number of carbonyl (C=O) groups excluding carboxylic acids is 1. The van der Waals surface area contributed by atoms with Crippen LogP contribution in [0.2, 0.25) is 0 Å². The Morgan fingerprint density at radius 1 is 1.27 bits per heavy atom. The van der Waals surface area contributed by atoms with Crippen molar-refractivity contribution in [3.05, 3.63) is 42.9 Å². The molecule has 7 heteroatoms. The zero-order valence-electron chi connectivity index (χ0n) is 15.1. The lowest BCUT2D eigenvalue weighted by atomic mass is 9.87. The average Bonchev–Trinajstić information content (AvgIpc) is 3.32. The number of piperidine rings is 1. The molecule has 3 aromatic rings. The van der Waals surface area contributed by atoms with E-state index in [1.165, 1.54) is 0 Å². The normalized spacial score (nSPS) is 16.9. The molecule has 0 spiro atoms. The SMILES string of the molecule is CC(C)n1ncc2ccc(NC(=O)C3(n4cccn4)CCNCC3)cc21. The number of aromatic nitrogens is 4. The Morgan fingerprint density at radius 2 is 2.08 bits per heavy atom. The number of fused-ring (bicyclic) bond motifs is 1. The van der Waals surface area contributed by atoms with Crippen LogP contribution in [0.15, 0.2) is 42.9 Å². The zero-order chi connectivity index (χ0) is 18.1. The average molecular weight is 352 g/mol. The fourth-order valence-electron chi connectivity index (χ4n) is 3.70. The van der Waals surface area contributed by atoms with Gasteiger partial charge in [-0.2, -0.15) is 10.2 Å². The second kappa shape index (κ2) is 6.57. The van der Waals surface area contributed by atoms with Gasteiger partial charge in [0.05, 0.1) is 11.7 Å². The van der Waals surface area contributed by atoms with Gasteiger partial charge in [0.25, 0.3) is 5.91 Å². The Bertz CT molecular complexity index is 905. The first-order valence-corrected chi connectivity index (χ1v) is 9.10. The molecule has 0 atom stereocenters. The highest BCUT2D eigenvalue weighted by Crippen LogP contribution is 2.29. The van der Waals surface area contributed by atoms with Gasteiger partial charge in [-0.1, -0.05) is 0 Å². The molecule has 1 saturated heterocycles. The molecule has 0 saturated carbocycles. The minimum atomic E-state index is -0.651. The van der Waals surface area contributed by atoms with E-state index in [4.69, 9.17) is 0 Å². The number of anilines is 1. The molecule has 136 valence electrons. The molecule has 1 aliphatic rings. The zero-order valence-corrected chi connectivity index (χ0v) is 15.1. The van der Waals surface area contributed by atoms with Crippen LogP contribution in [-0.2, 0) is 10.3 Å². The first-order valence-electron chi connectivity index (χ1n) is 9.10. The van der Waals surface area contributed by atoms with E-state index in [0.29, 0.717) is 12.8 Å². The van der Waals surface area contributed by atoms with E-state index in [9.17, 15) is 4.79 Å². The highest BCUT2D eigenvalue weighted by molar-refractivity contribution is 5.98. The lowest BCUT2D eigenvalue weighted by Crippen LogP contribution is -2.52. The highest BCUT2D eigenvalue weighted by Gasteiger charge is 2.42. The lowest BCUT2D eigenvalue weighted by molar-refractivity contribution is -0.126. The van der Waals surface area contributed by atoms with Crippen LogP contribution in [0.5, 0.6) is 0 Å². The third-order valence-electron chi connectivity index (χ3n) is 5.14. The second-order valence-corrected chi connectivity index (χ2v) is 7.14. The van der Waals surface area contributed by atoms with Crippen molar-refractivity contribution in [2.75, 3.05) is 18.4 Å². The van der Waals surface area contributed by atoms with Crippen molar-refractivity contribution in [2.45, 2.75) is 38.3 Å². The Balaban J connectivity index is 1.66. The smallest absolute Gasteiger partial charge is 0.252 e. The van der Waals surface area contributed by atoms with Crippen molar-refractivity contribution < 1.29 is 4.79 Å². The maximum Gasteiger partial charge on any atom is 0.252 e. The second-order valence-electron chi connectivity index (χ2n) is 7.14. The maximum atomic E-state index is 13.3. The molecular formula is C19H24N6O. The Kier molecular flexibility index (Phi) is 4.24. The third-order valence-corrected chi connectivity index (χ3v) is 5.14. The monoisotopic (exact) mass is 352 g/mol. The number of nitrogens with one attached hydrogen (secondary N) is 2. The van der Waals surface area contributed by atoms with Crippen LogP contribution in [0, 0.1) is 0 Å². The third kappa shape index (κ3) is 2.78. The van der Waals surface area contributed by atoms with E-state index >= 15 is 0 Å². The molecule has 1 amide bonds. The van der Waals surface area contributed by atoms with Crippen LogP contribution in [-0.4, -0.2) is 38.6 Å². The predicted molar refractivity (Wildman–Crippen MR) is 101 cm³/mol. The molecule has 26 heavy (non-hydrogen) atoms. The Hall–Kier alpha value is -2.67. The lowest BCUT2D eigenvalue weighted by Gasteiger charge is -2.36. The van der Waals surface area contributed by atoms with Gasteiger partial charge in [-0.05, 0) is 64.0 Å². The summed E-state index contributed by atoms with van der Waals surface area (Å²) in [5.41, 5.74) is 1.16.